The van der Waals surface area contributed by atoms with Crippen molar-refractivity contribution in [2.45, 2.75) is 70.2 Å². The third kappa shape index (κ3) is 147. The second-order valence-electron chi connectivity index (χ2n) is 2.60. The molecular formula is C13H38N2. The molecule has 2 heteroatoms. The summed E-state index contributed by atoms with van der Waals surface area (Å²) in [6, 6.07) is 0. The van der Waals surface area contributed by atoms with Crippen LogP contribution in [0.2, 0.25) is 0 Å². The molecule has 0 aromatic carbocycles. The molecule has 0 atom stereocenters. The van der Waals surface area contributed by atoms with Gasteiger partial charge in [0.2, 0.25) is 0 Å². The molecule has 0 amide bonds. The lowest BCUT2D eigenvalue weighted by Crippen LogP contribution is -2.03. The first-order valence-corrected chi connectivity index (χ1v) is 4.73. The molecule has 15 heavy (non-hydrogen) atoms. The van der Waals surface area contributed by atoms with E-state index < -0.39 is 0 Å². The van der Waals surface area contributed by atoms with Gasteiger partial charge in [-0.25, -0.2) is 0 Å². The molecule has 0 saturated heterocycles. The summed E-state index contributed by atoms with van der Waals surface area (Å²) < 4.78 is 0. The van der Waals surface area contributed by atoms with Gasteiger partial charge in [0.05, 0.1) is 0 Å². The molecule has 0 aliphatic heterocycles. The lowest BCUT2D eigenvalue weighted by molar-refractivity contribution is 0.437. The summed E-state index contributed by atoms with van der Waals surface area (Å²) >= 11 is 0. The summed E-state index contributed by atoms with van der Waals surface area (Å²) in [6.07, 6.45) is 1.25. The Kier molecular flexibility index (Phi) is 91.6. The summed E-state index contributed by atoms with van der Waals surface area (Å²) in [4.78, 5) is 0. The van der Waals surface area contributed by atoms with E-state index in [1.54, 1.807) is 5.01 Å². The van der Waals surface area contributed by atoms with Gasteiger partial charge in [-0.1, -0.05) is 56.4 Å². The predicted molar refractivity (Wildman–Crippen MR) is 80.0 cm³/mol. The van der Waals surface area contributed by atoms with E-state index in [2.05, 4.69) is 18.9 Å². The zero-order chi connectivity index (χ0) is 10.6. The molecule has 0 fully saturated rings. The van der Waals surface area contributed by atoms with E-state index in [-0.39, 0.29) is 22.3 Å². The number of hydrazone groups is 1. The van der Waals surface area contributed by atoms with E-state index in [1.165, 1.54) is 6.42 Å². The molecule has 0 radical (unpaired) electrons. The summed E-state index contributed by atoms with van der Waals surface area (Å²) in [7, 11) is 3.82. The van der Waals surface area contributed by atoms with Crippen LogP contribution in [0.3, 0.4) is 0 Å². The van der Waals surface area contributed by atoms with Crippen molar-refractivity contribution in [1.29, 1.82) is 0 Å². The normalized spacial score (nSPS) is 5.33. The first-order valence-electron chi connectivity index (χ1n) is 4.73. The van der Waals surface area contributed by atoms with Gasteiger partial charge in [-0.3, -0.25) is 0 Å². The fourth-order valence-corrected chi connectivity index (χ4v) is 0.400. The first-order chi connectivity index (χ1) is 5.54. The molecule has 0 saturated carbocycles. The maximum Gasteiger partial charge on any atom is 0.0318 e. The van der Waals surface area contributed by atoms with E-state index >= 15 is 0 Å². The minimum Gasteiger partial charge on any atom is -0.303 e. The topological polar surface area (TPSA) is 15.6 Å². The van der Waals surface area contributed by atoms with E-state index in [9.17, 15) is 0 Å². The zero-order valence-corrected chi connectivity index (χ0v) is 10.1. The van der Waals surface area contributed by atoms with Crippen LogP contribution in [0.25, 0.3) is 0 Å². The van der Waals surface area contributed by atoms with Crippen molar-refractivity contribution in [2.75, 3.05) is 14.1 Å². The second-order valence-corrected chi connectivity index (χ2v) is 2.60. The van der Waals surface area contributed by atoms with Gasteiger partial charge in [0.25, 0.3) is 0 Å². The van der Waals surface area contributed by atoms with Crippen molar-refractivity contribution < 1.29 is 0 Å². The summed E-state index contributed by atoms with van der Waals surface area (Å²) in [6.45, 7) is 12.2. The number of rotatable bonds is 1. The Morgan fingerprint density at radius 3 is 1.13 bits per heavy atom. The van der Waals surface area contributed by atoms with Gasteiger partial charge in [0.1, 0.15) is 0 Å². The van der Waals surface area contributed by atoms with Crippen molar-refractivity contribution in [3.63, 3.8) is 0 Å². The minimum absolute atomic E-state index is 0. The Balaban J connectivity index is -0.0000000224. The van der Waals surface area contributed by atoms with Crippen LogP contribution in [-0.4, -0.2) is 24.8 Å². The standard InChI is InChI=1S/C5H12N2.C3H8.C2H6.3CH4/c1-5(2)6-7(3)4;1-3-2;1-2;;;/h1-4H3;3H2,1-2H3;1-2H3;3*1H4. The molecule has 0 aromatic rings. The van der Waals surface area contributed by atoms with Crippen molar-refractivity contribution >= 4 is 5.71 Å². The fraction of sp³-hybridized carbons (Fsp3) is 0.923. The molecule has 0 rings (SSSR count). The molecule has 0 aliphatic carbocycles. The maximum atomic E-state index is 4.03. The average Bonchev–Trinajstić information content (AvgIpc) is 1.90. The highest BCUT2D eigenvalue weighted by atomic mass is 15.4. The monoisotopic (exact) mass is 222 g/mol. The van der Waals surface area contributed by atoms with Crippen molar-refractivity contribution in [3.8, 4) is 0 Å². The molecule has 0 heterocycles. The summed E-state index contributed by atoms with van der Waals surface area (Å²) in [5, 5.41) is 5.81. The quantitative estimate of drug-likeness (QED) is 0.434. The molecular weight excluding hydrogens is 184 g/mol. The van der Waals surface area contributed by atoms with Crippen LogP contribution in [0.15, 0.2) is 5.10 Å². The van der Waals surface area contributed by atoms with Gasteiger partial charge in [-0.2, -0.15) is 5.10 Å². The number of hydrogen-bond acceptors (Lipinski definition) is 2. The van der Waals surface area contributed by atoms with E-state index in [1.807, 2.05) is 41.8 Å². The molecule has 0 unspecified atom stereocenters. The minimum atomic E-state index is 0. The van der Waals surface area contributed by atoms with Crippen LogP contribution in [0.5, 0.6) is 0 Å². The van der Waals surface area contributed by atoms with Gasteiger partial charge in [0, 0.05) is 19.8 Å². The molecule has 100 valence electrons. The van der Waals surface area contributed by atoms with E-state index in [0.29, 0.717) is 0 Å². The third-order valence-electron chi connectivity index (χ3n) is 0.400. The highest BCUT2D eigenvalue weighted by Gasteiger charge is 1.76. The first kappa shape index (κ1) is 36.6. The Hall–Kier alpha value is -0.530. The highest BCUT2D eigenvalue weighted by molar-refractivity contribution is 5.78. The van der Waals surface area contributed by atoms with E-state index in [4.69, 9.17) is 0 Å². The molecule has 0 N–H and O–H groups in total. The van der Waals surface area contributed by atoms with Crippen LogP contribution in [0.1, 0.15) is 70.2 Å². The molecule has 0 spiro atoms. The van der Waals surface area contributed by atoms with E-state index in [0.717, 1.165) is 5.71 Å². The maximum absolute atomic E-state index is 4.03. The van der Waals surface area contributed by atoms with Crippen LogP contribution in [-0.2, 0) is 0 Å². The lowest BCUT2D eigenvalue weighted by atomic mass is 10.5. The highest BCUT2D eigenvalue weighted by Crippen LogP contribution is 1.76. The van der Waals surface area contributed by atoms with Crippen LogP contribution in [0.4, 0.5) is 0 Å². The Morgan fingerprint density at radius 1 is 0.933 bits per heavy atom. The third-order valence-corrected chi connectivity index (χ3v) is 0.400. The van der Waals surface area contributed by atoms with Gasteiger partial charge in [0.15, 0.2) is 0 Å². The Bertz CT molecular complexity index is 82.5. The van der Waals surface area contributed by atoms with Gasteiger partial charge >= 0.3 is 0 Å². The molecule has 2 nitrogen and oxygen atoms in total. The fourth-order valence-electron chi connectivity index (χ4n) is 0.400. The van der Waals surface area contributed by atoms with Crippen LogP contribution < -0.4 is 0 Å². The van der Waals surface area contributed by atoms with Crippen LogP contribution in [0, 0.1) is 0 Å². The SMILES string of the molecule is C.C.C.CC.CC(C)=NN(C)C.CCC. The van der Waals surface area contributed by atoms with Crippen molar-refractivity contribution in [1.82, 2.24) is 5.01 Å². The molecule has 0 aliphatic rings. The van der Waals surface area contributed by atoms with Crippen molar-refractivity contribution in [3.05, 3.63) is 0 Å². The molecule has 0 aromatic heterocycles. The lowest BCUT2D eigenvalue weighted by Gasteiger charge is -2.02. The van der Waals surface area contributed by atoms with Crippen molar-refractivity contribution in [2.24, 2.45) is 5.10 Å². The summed E-state index contributed by atoms with van der Waals surface area (Å²) in [5.74, 6) is 0. The Labute approximate surface area is 101 Å². The number of nitrogens with zero attached hydrogens (tertiary/aromatic N) is 2. The Morgan fingerprint density at radius 2 is 1.13 bits per heavy atom. The van der Waals surface area contributed by atoms with Gasteiger partial charge in [-0.05, 0) is 13.8 Å². The van der Waals surface area contributed by atoms with Gasteiger partial charge < -0.3 is 5.01 Å². The predicted octanol–water partition coefficient (Wildman–Crippen LogP) is 5.29. The van der Waals surface area contributed by atoms with Crippen LogP contribution >= 0.6 is 0 Å². The largest absolute Gasteiger partial charge is 0.303 e. The summed E-state index contributed by atoms with van der Waals surface area (Å²) in [5.41, 5.74) is 1.09. The smallest absolute Gasteiger partial charge is 0.0318 e. The zero-order valence-electron chi connectivity index (χ0n) is 10.1. The second kappa shape index (κ2) is 37.5. The van der Waals surface area contributed by atoms with Gasteiger partial charge in [-0.15, -0.1) is 0 Å². The average molecular weight is 222 g/mol. The number of hydrogen-bond donors (Lipinski definition) is 0. The molecule has 0 bridgehead atoms.